The van der Waals surface area contributed by atoms with Crippen LogP contribution < -0.4 is 9.74 Å². The maximum Gasteiger partial charge on any atom is 0.415 e. The van der Waals surface area contributed by atoms with E-state index in [-0.39, 0.29) is 11.3 Å². The second kappa shape index (κ2) is 5.95. The van der Waals surface area contributed by atoms with Crippen LogP contribution in [0.3, 0.4) is 0 Å². The minimum Gasteiger partial charge on any atom is -0.366 e. The van der Waals surface area contributed by atoms with Gasteiger partial charge < -0.3 is 9.17 Å². The molecule has 0 amide bonds. The van der Waals surface area contributed by atoms with Crippen molar-refractivity contribution in [1.29, 1.82) is 0 Å². The summed E-state index contributed by atoms with van der Waals surface area (Å²) in [6.07, 6.45) is 1.47. The SMILES string of the molecule is Cc1ccc(OS(=O)(=O)n2c(I)cc3c(Br)c[nH]c(=O)c32)cc1. The van der Waals surface area contributed by atoms with Crippen molar-refractivity contribution in [3.8, 4) is 5.75 Å². The summed E-state index contributed by atoms with van der Waals surface area (Å²) in [5.41, 5.74) is 0.481. The zero-order valence-electron chi connectivity index (χ0n) is 11.7. The zero-order valence-corrected chi connectivity index (χ0v) is 16.3. The molecule has 0 saturated carbocycles. The minimum absolute atomic E-state index is 0.0101. The second-order valence-corrected chi connectivity index (χ2v) is 8.16. The highest BCUT2D eigenvalue weighted by atomic mass is 127. The molecule has 2 aromatic heterocycles. The topological polar surface area (TPSA) is 81.2 Å². The van der Waals surface area contributed by atoms with Gasteiger partial charge in [0.1, 0.15) is 11.3 Å². The summed E-state index contributed by atoms with van der Waals surface area (Å²) in [6, 6.07) is 8.21. The van der Waals surface area contributed by atoms with Crippen molar-refractivity contribution in [1.82, 2.24) is 8.96 Å². The molecule has 3 aromatic rings. The number of halogens is 2. The molecule has 1 N–H and O–H groups in total. The number of fused-ring (bicyclic) bond motifs is 1. The lowest BCUT2D eigenvalue weighted by Crippen LogP contribution is -2.23. The fraction of sp³-hybridized carbons (Fsp3) is 0.0714. The fourth-order valence-electron chi connectivity index (χ4n) is 2.11. The first-order chi connectivity index (χ1) is 10.8. The molecule has 120 valence electrons. The van der Waals surface area contributed by atoms with Crippen molar-refractivity contribution >= 4 is 59.7 Å². The van der Waals surface area contributed by atoms with Crippen molar-refractivity contribution in [2.45, 2.75) is 6.92 Å². The third-order valence-corrected chi connectivity index (χ3v) is 6.17. The Hall–Kier alpha value is -1.33. The standard InChI is InChI=1S/C14H10BrIN2O4S/c1-8-2-4-9(5-3-8)22-23(20,21)18-12(16)6-10-11(15)7-17-14(19)13(10)18/h2-7H,1H3,(H,17,19). The van der Waals surface area contributed by atoms with Gasteiger partial charge in [0.2, 0.25) is 0 Å². The van der Waals surface area contributed by atoms with Gasteiger partial charge in [-0.05, 0) is 63.6 Å². The van der Waals surface area contributed by atoms with E-state index in [1.165, 1.54) is 6.20 Å². The molecule has 0 unspecified atom stereocenters. The summed E-state index contributed by atoms with van der Waals surface area (Å²) in [7, 11) is -4.21. The van der Waals surface area contributed by atoms with Gasteiger partial charge >= 0.3 is 10.3 Å². The molecule has 3 rings (SSSR count). The Morgan fingerprint density at radius 3 is 2.57 bits per heavy atom. The van der Waals surface area contributed by atoms with Gasteiger partial charge in [-0.25, -0.2) is 0 Å². The van der Waals surface area contributed by atoms with Crippen LogP contribution in [-0.2, 0) is 10.3 Å². The van der Waals surface area contributed by atoms with Gasteiger partial charge in [-0.3, -0.25) is 4.79 Å². The van der Waals surface area contributed by atoms with Gasteiger partial charge in [0.15, 0.2) is 0 Å². The van der Waals surface area contributed by atoms with E-state index < -0.39 is 15.9 Å². The van der Waals surface area contributed by atoms with E-state index in [0.29, 0.717) is 13.6 Å². The van der Waals surface area contributed by atoms with Crippen molar-refractivity contribution in [3.05, 3.63) is 60.6 Å². The Bertz CT molecular complexity index is 1050. The average molecular weight is 509 g/mol. The van der Waals surface area contributed by atoms with Crippen molar-refractivity contribution in [2.75, 3.05) is 0 Å². The molecule has 0 aliphatic carbocycles. The summed E-state index contributed by atoms with van der Waals surface area (Å²) in [4.78, 5) is 14.6. The van der Waals surface area contributed by atoms with Crippen molar-refractivity contribution in [2.24, 2.45) is 0 Å². The molecule has 1 aromatic carbocycles. The van der Waals surface area contributed by atoms with Crippen LogP contribution in [0.2, 0.25) is 0 Å². The van der Waals surface area contributed by atoms with E-state index in [0.717, 1.165) is 9.54 Å². The first-order valence-corrected chi connectivity index (χ1v) is 9.63. The largest absolute Gasteiger partial charge is 0.415 e. The van der Waals surface area contributed by atoms with E-state index in [1.807, 2.05) is 29.5 Å². The maximum atomic E-state index is 12.6. The Kier molecular flexibility index (Phi) is 4.27. The van der Waals surface area contributed by atoms with Crippen LogP contribution in [0.15, 0.2) is 45.8 Å². The number of hydrogen-bond donors (Lipinski definition) is 1. The lowest BCUT2D eigenvalue weighted by Gasteiger charge is -2.10. The summed E-state index contributed by atoms with van der Waals surface area (Å²) in [5.74, 6) is 0.180. The Morgan fingerprint density at radius 1 is 1.26 bits per heavy atom. The molecule has 23 heavy (non-hydrogen) atoms. The number of benzene rings is 1. The molecule has 6 nitrogen and oxygen atoms in total. The van der Waals surface area contributed by atoms with Crippen LogP contribution in [0.5, 0.6) is 5.75 Å². The van der Waals surface area contributed by atoms with Crippen LogP contribution in [0.4, 0.5) is 0 Å². The number of aromatic nitrogens is 2. The van der Waals surface area contributed by atoms with Crippen molar-refractivity contribution < 1.29 is 12.6 Å². The normalized spacial score (nSPS) is 11.8. The Labute approximate surface area is 154 Å². The zero-order chi connectivity index (χ0) is 16.8. The molecule has 0 fully saturated rings. The van der Waals surface area contributed by atoms with E-state index in [9.17, 15) is 13.2 Å². The minimum atomic E-state index is -4.21. The molecule has 2 heterocycles. The molecule has 0 bridgehead atoms. The number of hydrogen-bond acceptors (Lipinski definition) is 4. The van der Waals surface area contributed by atoms with Gasteiger partial charge in [0.05, 0.1) is 3.70 Å². The quantitative estimate of drug-likeness (QED) is 0.551. The number of rotatable bonds is 3. The molecule has 0 saturated heterocycles. The Balaban J connectivity index is 2.19. The molecule has 0 radical (unpaired) electrons. The van der Waals surface area contributed by atoms with Crippen LogP contribution >= 0.6 is 38.5 Å². The highest BCUT2D eigenvalue weighted by Gasteiger charge is 2.24. The predicted molar refractivity (Wildman–Crippen MR) is 99.1 cm³/mol. The molecule has 9 heteroatoms. The lowest BCUT2D eigenvalue weighted by atomic mass is 10.2. The second-order valence-electron chi connectivity index (χ2n) is 4.81. The monoisotopic (exact) mass is 508 g/mol. The summed E-state index contributed by atoms with van der Waals surface area (Å²) < 4.78 is 32.2. The molecule has 0 aliphatic rings. The van der Waals surface area contributed by atoms with Crippen LogP contribution in [-0.4, -0.2) is 17.4 Å². The first kappa shape index (κ1) is 16.5. The molecule has 0 atom stereocenters. The number of nitrogens with one attached hydrogen (secondary N) is 1. The number of H-pyrrole nitrogens is 1. The third-order valence-electron chi connectivity index (χ3n) is 3.16. The van der Waals surface area contributed by atoms with Gasteiger partial charge in [-0.2, -0.15) is 12.4 Å². The predicted octanol–water partition coefficient (Wildman–Crippen LogP) is 3.18. The maximum absolute atomic E-state index is 12.6. The highest BCUT2D eigenvalue weighted by Crippen LogP contribution is 2.27. The number of aryl methyl sites for hydroxylation is 1. The summed E-state index contributed by atoms with van der Waals surface area (Å²) in [5, 5.41) is 0.495. The first-order valence-electron chi connectivity index (χ1n) is 6.39. The third kappa shape index (κ3) is 3.04. The average Bonchev–Trinajstić information content (AvgIpc) is 2.85. The molecule has 0 spiro atoms. The Morgan fingerprint density at radius 2 is 1.91 bits per heavy atom. The van der Waals surface area contributed by atoms with Gasteiger partial charge in [-0.15, -0.1) is 0 Å². The van der Waals surface area contributed by atoms with Gasteiger partial charge in [0.25, 0.3) is 5.56 Å². The van der Waals surface area contributed by atoms with Crippen LogP contribution in [0.1, 0.15) is 5.56 Å². The van der Waals surface area contributed by atoms with Crippen LogP contribution in [0, 0.1) is 10.6 Å². The van der Waals surface area contributed by atoms with E-state index in [4.69, 9.17) is 4.18 Å². The summed E-state index contributed by atoms with van der Waals surface area (Å²) in [6.45, 7) is 1.89. The molecular formula is C14H10BrIN2O4S. The summed E-state index contributed by atoms with van der Waals surface area (Å²) >= 11 is 5.15. The number of nitrogens with zero attached hydrogens (tertiary/aromatic N) is 1. The van der Waals surface area contributed by atoms with E-state index >= 15 is 0 Å². The molecular weight excluding hydrogens is 499 g/mol. The fourth-order valence-corrected chi connectivity index (χ4v) is 4.90. The number of pyridine rings is 1. The smallest absolute Gasteiger partial charge is 0.366 e. The molecule has 0 aliphatic heterocycles. The van der Waals surface area contributed by atoms with Gasteiger partial charge in [0, 0.05) is 16.1 Å². The van der Waals surface area contributed by atoms with Crippen molar-refractivity contribution in [3.63, 3.8) is 0 Å². The highest BCUT2D eigenvalue weighted by molar-refractivity contribution is 14.1. The number of aromatic amines is 1. The lowest BCUT2D eigenvalue weighted by molar-refractivity contribution is 0.476. The van der Waals surface area contributed by atoms with E-state index in [1.54, 1.807) is 30.3 Å². The van der Waals surface area contributed by atoms with Crippen LogP contribution in [0.25, 0.3) is 10.9 Å². The van der Waals surface area contributed by atoms with Gasteiger partial charge in [-0.1, -0.05) is 17.7 Å². The van der Waals surface area contributed by atoms with E-state index in [2.05, 4.69) is 20.9 Å².